The summed E-state index contributed by atoms with van der Waals surface area (Å²) in [4.78, 5) is 18.2. The standard InChI is InChI=1S/C23H31N3O2S/c27-21(24-16-9-3-1-4-10-16)15-18(23(29)25-17-11-5-2-6-12-17)22-26-19-13-7-8-14-20(19)28-22/h7-8,13-14,16-18H,1-6,9-12,15H2,(H,24,27)(H,25,29). The maximum Gasteiger partial charge on any atom is 0.221 e. The third-order valence-electron chi connectivity index (χ3n) is 6.24. The molecule has 2 fully saturated rings. The quantitative estimate of drug-likeness (QED) is 0.652. The van der Waals surface area contributed by atoms with Crippen LogP contribution in [-0.4, -0.2) is 28.0 Å². The normalized spacial score (nSPS) is 19.7. The summed E-state index contributed by atoms with van der Waals surface area (Å²) in [5, 5.41) is 6.74. The number of oxazole rings is 1. The van der Waals surface area contributed by atoms with Crippen LogP contribution in [0.1, 0.15) is 82.4 Å². The number of rotatable bonds is 6. The number of hydrogen-bond donors (Lipinski definition) is 2. The van der Waals surface area contributed by atoms with Gasteiger partial charge in [0.05, 0.1) is 10.9 Å². The minimum Gasteiger partial charge on any atom is -0.440 e. The summed E-state index contributed by atoms with van der Waals surface area (Å²) in [5.74, 6) is 0.248. The van der Waals surface area contributed by atoms with Crippen LogP contribution in [0.25, 0.3) is 11.1 Å². The first-order valence-electron chi connectivity index (χ1n) is 11.1. The molecule has 0 saturated heterocycles. The van der Waals surface area contributed by atoms with Gasteiger partial charge in [0, 0.05) is 18.5 Å². The third-order valence-corrected chi connectivity index (χ3v) is 6.64. The fourth-order valence-electron chi connectivity index (χ4n) is 4.60. The Labute approximate surface area is 178 Å². The van der Waals surface area contributed by atoms with Gasteiger partial charge in [-0.3, -0.25) is 4.79 Å². The van der Waals surface area contributed by atoms with Gasteiger partial charge in [-0.15, -0.1) is 0 Å². The summed E-state index contributed by atoms with van der Waals surface area (Å²) in [6.07, 6.45) is 12.1. The van der Waals surface area contributed by atoms with Crippen molar-refractivity contribution < 1.29 is 9.21 Å². The average Bonchev–Trinajstić information content (AvgIpc) is 3.17. The van der Waals surface area contributed by atoms with E-state index >= 15 is 0 Å². The largest absolute Gasteiger partial charge is 0.440 e. The lowest BCUT2D eigenvalue weighted by molar-refractivity contribution is -0.122. The predicted octanol–water partition coefficient (Wildman–Crippen LogP) is 5.00. The molecule has 2 aliphatic rings. The summed E-state index contributed by atoms with van der Waals surface area (Å²) in [7, 11) is 0. The van der Waals surface area contributed by atoms with Crippen molar-refractivity contribution in [3.8, 4) is 0 Å². The third kappa shape index (κ3) is 5.35. The molecule has 1 atom stereocenters. The van der Waals surface area contributed by atoms with Gasteiger partial charge in [-0.1, -0.05) is 62.9 Å². The van der Waals surface area contributed by atoms with E-state index in [4.69, 9.17) is 16.6 Å². The van der Waals surface area contributed by atoms with Crippen molar-refractivity contribution in [2.45, 2.75) is 88.6 Å². The van der Waals surface area contributed by atoms with Gasteiger partial charge in [0.2, 0.25) is 11.8 Å². The highest BCUT2D eigenvalue weighted by atomic mass is 32.1. The molecule has 0 aliphatic heterocycles. The first-order chi connectivity index (χ1) is 14.2. The van der Waals surface area contributed by atoms with Crippen molar-refractivity contribution in [1.82, 2.24) is 15.6 Å². The zero-order valence-corrected chi connectivity index (χ0v) is 17.8. The van der Waals surface area contributed by atoms with Gasteiger partial charge in [-0.05, 0) is 37.8 Å². The van der Waals surface area contributed by atoms with Crippen LogP contribution in [-0.2, 0) is 4.79 Å². The number of fused-ring (bicyclic) bond motifs is 1. The first-order valence-corrected chi connectivity index (χ1v) is 11.5. The molecule has 4 rings (SSSR count). The molecule has 1 aromatic heterocycles. The molecule has 2 N–H and O–H groups in total. The van der Waals surface area contributed by atoms with E-state index in [0.29, 0.717) is 23.0 Å². The van der Waals surface area contributed by atoms with Gasteiger partial charge in [-0.25, -0.2) is 4.98 Å². The van der Waals surface area contributed by atoms with E-state index in [0.717, 1.165) is 36.8 Å². The first kappa shape index (κ1) is 20.3. The van der Waals surface area contributed by atoms with E-state index in [-0.39, 0.29) is 18.2 Å². The van der Waals surface area contributed by atoms with Crippen molar-refractivity contribution in [1.29, 1.82) is 0 Å². The minimum atomic E-state index is -0.331. The lowest BCUT2D eigenvalue weighted by Crippen LogP contribution is -2.41. The van der Waals surface area contributed by atoms with E-state index in [1.54, 1.807) is 0 Å². The zero-order valence-electron chi connectivity index (χ0n) is 17.0. The summed E-state index contributed by atoms with van der Waals surface area (Å²) >= 11 is 5.77. The number of carbonyl (C=O) groups is 1. The zero-order chi connectivity index (χ0) is 20.1. The Balaban J connectivity index is 1.49. The number of para-hydroxylation sites is 2. The molecule has 29 heavy (non-hydrogen) atoms. The Kier molecular flexibility index (Phi) is 6.80. The van der Waals surface area contributed by atoms with Crippen LogP contribution in [0.4, 0.5) is 0 Å². The second kappa shape index (κ2) is 9.70. The van der Waals surface area contributed by atoms with Crippen LogP contribution in [0.5, 0.6) is 0 Å². The number of nitrogens with one attached hydrogen (secondary N) is 2. The lowest BCUT2D eigenvalue weighted by atomic mass is 9.94. The molecular formula is C23H31N3O2S. The maximum absolute atomic E-state index is 12.8. The highest BCUT2D eigenvalue weighted by Gasteiger charge is 2.29. The van der Waals surface area contributed by atoms with Crippen molar-refractivity contribution in [2.75, 3.05) is 0 Å². The second-order valence-electron chi connectivity index (χ2n) is 8.52. The molecule has 5 nitrogen and oxygen atoms in total. The van der Waals surface area contributed by atoms with Crippen molar-refractivity contribution in [3.05, 3.63) is 30.2 Å². The van der Waals surface area contributed by atoms with Crippen LogP contribution >= 0.6 is 12.2 Å². The second-order valence-corrected chi connectivity index (χ2v) is 8.96. The highest BCUT2D eigenvalue weighted by Crippen LogP contribution is 2.27. The van der Waals surface area contributed by atoms with Crippen LogP contribution in [0.15, 0.2) is 28.7 Å². The van der Waals surface area contributed by atoms with Crippen molar-refractivity contribution >= 4 is 34.2 Å². The SMILES string of the molecule is O=C(CC(C(=S)NC1CCCCC1)c1nc2ccccc2o1)NC1CCCCC1. The molecule has 0 bridgehead atoms. The summed E-state index contributed by atoms with van der Waals surface area (Å²) < 4.78 is 6.01. The summed E-state index contributed by atoms with van der Waals surface area (Å²) in [5.41, 5.74) is 1.54. The minimum absolute atomic E-state index is 0.0388. The molecule has 1 heterocycles. The van der Waals surface area contributed by atoms with Gasteiger partial charge in [-0.2, -0.15) is 0 Å². The van der Waals surface area contributed by atoms with Gasteiger partial charge >= 0.3 is 0 Å². The van der Waals surface area contributed by atoms with Gasteiger partial charge < -0.3 is 15.1 Å². The number of hydrogen-bond acceptors (Lipinski definition) is 4. The van der Waals surface area contributed by atoms with Crippen LogP contribution in [0, 0.1) is 0 Å². The molecule has 1 amide bonds. The lowest BCUT2D eigenvalue weighted by Gasteiger charge is -2.27. The van der Waals surface area contributed by atoms with Crippen molar-refractivity contribution in [2.24, 2.45) is 0 Å². The van der Waals surface area contributed by atoms with Gasteiger partial charge in [0.1, 0.15) is 5.52 Å². The molecule has 2 aromatic rings. The van der Waals surface area contributed by atoms with Crippen LogP contribution in [0.2, 0.25) is 0 Å². The fraction of sp³-hybridized carbons (Fsp3) is 0.609. The summed E-state index contributed by atoms with van der Waals surface area (Å²) in [6, 6.07) is 8.39. The van der Waals surface area contributed by atoms with Crippen LogP contribution in [0.3, 0.4) is 0 Å². The number of amides is 1. The predicted molar refractivity (Wildman–Crippen MR) is 119 cm³/mol. The topological polar surface area (TPSA) is 67.2 Å². The highest BCUT2D eigenvalue weighted by molar-refractivity contribution is 7.80. The molecular weight excluding hydrogens is 382 g/mol. The van der Waals surface area contributed by atoms with E-state index in [1.807, 2.05) is 24.3 Å². The molecule has 2 aliphatic carbocycles. The molecule has 1 aromatic carbocycles. The Bertz CT molecular complexity index is 805. The Morgan fingerprint density at radius 1 is 1.00 bits per heavy atom. The van der Waals surface area contributed by atoms with Gasteiger partial charge in [0.15, 0.2) is 5.58 Å². The number of carbonyl (C=O) groups excluding carboxylic acids is 1. The average molecular weight is 414 g/mol. The maximum atomic E-state index is 12.8. The molecule has 2 saturated carbocycles. The number of thiocarbonyl (C=S) groups is 1. The summed E-state index contributed by atoms with van der Waals surface area (Å²) in [6.45, 7) is 0. The Morgan fingerprint density at radius 2 is 1.62 bits per heavy atom. The Morgan fingerprint density at radius 3 is 2.28 bits per heavy atom. The molecule has 6 heteroatoms. The molecule has 0 radical (unpaired) electrons. The van der Waals surface area contributed by atoms with E-state index in [1.165, 1.54) is 38.5 Å². The van der Waals surface area contributed by atoms with E-state index < -0.39 is 0 Å². The smallest absolute Gasteiger partial charge is 0.221 e. The molecule has 1 unspecified atom stereocenters. The van der Waals surface area contributed by atoms with E-state index in [9.17, 15) is 4.79 Å². The van der Waals surface area contributed by atoms with E-state index in [2.05, 4.69) is 15.6 Å². The molecule has 156 valence electrons. The Hall–Kier alpha value is -1.95. The van der Waals surface area contributed by atoms with Gasteiger partial charge in [0.25, 0.3) is 0 Å². The number of aromatic nitrogens is 1. The fourth-order valence-corrected chi connectivity index (χ4v) is 4.95. The van der Waals surface area contributed by atoms with Crippen LogP contribution < -0.4 is 10.6 Å². The molecule has 0 spiro atoms. The monoisotopic (exact) mass is 413 g/mol. The number of nitrogens with zero attached hydrogens (tertiary/aromatic N) is 1. The number of benzene rings is 1. The van der Waals surface area contributed by atoms with Crippen molar-refractivity contribution in [3.63, 3.8) is 0 Å².